The standard InChI is InChI=1S/C11H24S/c1-4-6-7-8-10-12-11(3)9-5-2/h11H,4-10H2,1-3H3. The Kier molecular flexibility index (Phi) is 9.71. The van der Waals surface area contributed by atoms with Gasteiger partial charge in [0.25, 0.3) is 0 Å². The van der Waals surface area contributed by atoms with E-state index < -0.39 is 0 Å². The highest BCUT2D eigenvalue weighted by molar-refractivity contribution is 7.99. The lowest BCUT2D eigenvalue weighted by Crippen LogP contribution is -1.96. The second kappa shape index (κ2) is 9.44. The summed E-state index contributed by atoms with van der Waals surface area (Å²) < 4.78 is 0. The van der Waals surface area contributed by atoms with Crippen molar-refractivity contribution >= 4 is 11.8 Å². The Morgan fingerprint density at radius 2 is 1.75 bits per heavy atom. The van der Waals surface area contributed by atoms with Gasteiger partial charge in [-0.2, -0.15) is 11.8 Å². The summed E-state index contributed by atoms with van der Waals surface area (Å²) in [4.78, 5) is 0. The van der Waals surface area contributed by atoms with Gasteiger partial charge in [0.15, 0.2) is 0 Å². The molecule has 1 heteroatoms. The van der Waals surface area contributed by atoms with Gasteiger partial charge in [-0.15, -0.1) is 0 Å². The predicted molar refractivity (Wildman–Crippen MR) is 61.0 cm³/mol. The van der Waals surface area contributed by atoms with Crippen LogP contribution in [0.1, 0.15) is 59.3 Å². The number of unbranched alkanes of at least 4 members (excludes halogenated alkanes) is 3. The van der Waals surface area contributed by atoms with Gasteiger partial charge < -0.3 is 0 Å². The van der Waals surface area contributed by atoms with Crippen molar-refractivity contribution in [2.24, 2.45) is 0 Å². The molecule has 1 unspecified atom stereocenters. The first-order valence-corrected chi connectivity index (χ1v) is 6.47. The Bertz CT molecular complexity index is 81.1. The van der Waals surface area contributed by atoms with Gasteiger partial charge in [0.2, 0.25) is 0 Å². The molecule has 0 spiro atoms. The second-order valence-electron chi connectivity index (χ2n) is 3.53. The van der Waals surface area contributed by atoms with Gasteiger partial charge >= 0.3 is 0 Å². The van der Waals surface area contributed by atoms with Crippen LogP contribution in [0.5, 0.6) is 0 Å². The molecular formula is C11H24S. The molecule has 0 heterocycles. The molecule has 12 heavy (non-hydrogen) atoms. The lowest BCUT2D eigenvalue weighted by molar-refractivity contribution is 0.704. The van der Waals surface area contributed by atoms with E-state index in [0.717, 1.165) is 5.25 Å². The molecule has 0 aliphatic carbocycles. The van der Waals surface area contributed by atoms with Crippen LogP contribution in [-0.2, 0) is 0 Å². The zero-order valence-corrected chi connectivity index (χ0v) is 9.75. The fourth-order valence-corrected chi connectivity index (χ4v) is 2.48. The monoisotopic (exact) mass is 188 g/mol. The van der Waals surface area contributed by atoms with Crippen molar-refractivity contribution < 1.29 is 0 Å². The van der Waals surface area contributed by atoms with E-state index in [9.17, 15) is 0 Å². The van der Waals surface area contributed by atoms with Gasteiger partial charge in [0.1, 0.15) is 0 Å². The molecule has 0 aromatic carbocycles. The molecule has 0 radical (unpaired) electrons. The average molecular weight is 188 g/mol. The fraction of sp³-hybridized carbons (Fsp3) is 1.00. The third-order valence-electron chi connectivity index (χ3n) is 2.10. The van der Waals surface area contributed by atoms with E-state index in [-0.39, 0.29) is 0 Å². The van der Waals surface area contributed by atoms with Crippen molar-refractivity contribution in [1.29, 1.82) is 0 Å². The van der Waals surface area contributed by atoms with Crippen LogP contribution in [0, 0.1) is 0 Å². The van der Waals surface area contributed by atoms with Gasteiger partial charge in [-0.3, -0.25) is 0 Å². The third-order valence-corrected chi connectivity index (χ3v) is 3.42. The van der Waals surface area contributed by atoms with Gasteiger partial charge in [0, 0.05) is 5.25 Å². The topological polar surface area (TPSA) is 0 Å². The number of thioether (sulfide) groups is 1. The first kappa shape index (κ1) is 12.3. The third kappa shape index (κ3) is 8.45. The normalized spacial score (nSPS) is 13.2. The van der Waals surface area contributed by atoms with Crippen molar-refractivity contribution in [2.75, 3.05) is 5.75 Å². The largest absolute Gasteiger partial charge is 0.159 e. The lowest BCUT2D eigenvalue weighted by atomic mass is 10.2. The summed E-state index contributed by atoms with van der Waals surface area (Å²) in [5.41, 5.74) is 0. The van der Waals surface area contributed by atoms with Crippen molar-refractivity contribution in [1.82, 2.24) is 0 Å². The zero-order valence-electron chi connectivity index (χ0n) is 8.94. The SMILES string of the molecule is CCCCCCSC(C)CCC. The second-order valence-corrected chi connectivity index (χ2v) is 5.08. The van der Waals surface area contributed by atoms with E-state index in [1.807, 2.05) is 0 Å². The predicted octanol–water partition coefficient (Wildman–Crippen LogP) is 4.49. The maximum atomic E-state index is 2.36. The number of hydrogen-bond donors (Lipinski definition) is 0. The maximum Gasteiger partial charge on any atom is 0.00186 e. The Hall–Kier alpha value is 0.350. The van der Waals surface area contributed by atoms with Crippen molar-refractivity contribution in [3.8, 4) is 0 Å². The Morgan fingerprint density at radius 1 is 1.00 bits per heavy atom. The Balaban J connectivity index is 2.97. The zero-order chi connectivity index (χ0) is 9.23. The molecule has 1 atom stereocenters. The molecule has 0 nitrogen and oxygen atoms in total. The molecule has 0 rings (SSSR count). The van der Waals surface area contributed by atoms with E-state index in [1.54, 1.807) is 0 Å². The molecule has 0 aromatic rings. The van der Waals surface area contributed by atoms with Crippen LogP contribution in [0.4, 0.5) is 0 Å². The Morgan fingerprint density at radius 3 is 2.33 bits per heavy atom. The van der Waals surface area contributed by atoms with E-state index in [0.29, 0.717) is 0 Å². The summed E-state index contributed by atoms with van der Waals surface area (Å²) in [5, 5.41) is 0.886. The summed E-state index contributed by atoms with van der Waals surface area (Å²) in [6.07, 6.45) is 8.36. The summed E-state index contributed by atoms with van der Waals surface area (Å²) in [5.74, 6) is 1.38. The molecule has 0 fully saturated rings. The average Bonchev–Trinajstić information content (AvgIpc) is 2.05. The molecule has 0 amide bonds. The molecule has 0 bridgehead atoms. The van der Waals surface area contributed by atoms with Gasteiger partial charge in [0.05, 0.1) is 0 Å². The van der Waals surface area contributed by atoms with Crippen LogP contribution in [0.15, 0.2) is 0 Å². The molecule has 0 N–H and O–H groups in total. The van der Waals surface area contributed by atoms with Crippen LogP contribution in [0.3, 0.4) is 0 Å². The quantitative estimate of drug-likeness (QED) is 0.506. The molecular weight excluding hydrogens is 164 g/mol. The van der Waals surface area contributed by atoms with E-state index in [4.69, 9.17) is 0 Å². The Labute approximate surface area is 82.5 Å². The van der Waals surface area contributed by atoms with Gasteiger partial charge in [-0.05, 0) is 18.6 Å². The molecule has 0 saturated carbocycles. The van der Waals surface area contributed by atoms with Crippen molar-refractivity contribution in [2.45, 2.75) is 64.5 Å². The van der Waals surface area contributed by atoms with Crippen LogP contribution in [-0.4, -0.2) is 11.0 Å². The smallest absolute Gasteiger partial charge is 0.00186 e. The minimum Gasteiger partial charge on any atom is -0.159 e. The van der Waals surface area contributed by atoms with E-state index in [1.165, 1.54) is 44.3 Å². The highest BCUT2D eigenvalue weighted by Crippen LogP contribution is 2.17. The van der Waals surface area contributed by atoms with E-state index in [2.05, 4.69) is 32.5 Å². The highest BCUT2D eigenvalue weighted by Gasteiger charge is 1.99. The molecule has 0 saturated heterocycles. The van der Waals surface area contributed by atoms with Crippen LogP contribution < -0.4 is 0 Å². The first-order chi connectivity index (χ1) is 5.81. The fourth-order valence-electron chi connectivity index (χ4n) is 1.30. The number of rotatable bonds is 8. The van der Waals surface area contributed by atoms with Crippen molar-refractivity contribution in [3.05, 3.63) is 0 Å². The number of hydrogen-bond acceptors (Lipinski definition) is 1. The van der Waals surface area contributed by atoms with Crippen molar-refractivity contribution in [3.63, 3.8) is 0 Å². The minimum absolute atomic E-state index is 0.886. The molecule has 74 valence electrons. The molecule has 0 aromatic heterocycles. The minimum atomic E-state index is 0.886. The summed E-state index contributed by atoms with van der Waals surface area (Å²) >= 11 is 2.15. The van der Waals surface area contributed by atoms with Gasteiger partial charge in [-0.1, -0.05) is 46.5 Å². The summed E-state index contributed by atoms with van der Waals surface area (Å²) in [7, 11) is 0. The highest BCUT2D eigenvalue weighted by atomic mass is 32.2. The maximum absolute atomic E-state index is 2.36. The lowest BCUT2D eigenvalue weighted by Gasteiger charge is -2.08. The summed E-state index contributed by atoms with van der Waals surface area (Å²) in [6, 6.07) is 0. The van der Waals surface area contributed by atoms with Crippen LogP contribution >= 0.6 is 11.8 Å². The molecule has 0 aliphatic rings. The summed E-state index contributed by atoms with van der Waals surface area (Å²) in [6.45, 7) is 6.90. The van der Waals surface area contributed by atoms with Gasteiger partial charge in [-0.25, -0.2) is 0 Å². The molecule has 0 aliphatic heterocycles. The first-order valence-electron chi connectivity index (χ1n) is 5.42. The van der Waals surface area contributed by atoms with E-state index >= 15 is 0 Å². The van der Waals surface area contributed by atoms with Crippen LogP contribution in [0.25, 0.3) is 0 Å². The van der Waals surface area contributed by atoms with Crippen LogP contribution in [0.2, 0.25) is 0 Å².